The van der Waals surface area contributed by atoms with E-state index in [2.05, 4.69) is 280 Å². The second-order valence-corrected chi connectivity index (χ2v) is 23.5. The highest BCUT2D eigenvalue weighted by atomic mass is 16.3. The molecule has 5 nitrogen and oxygen atoms in total. The highest BCUT2D eigenvalue weighted by Gasteiger charge is 2.45. The van der Waals surface area contributed by atoms with Crippen molar-refractivity contribution in [1.29, 1.82) is 0 Å². The van der Waals surface area contributed by atoms with Crippen molar-refractivity contribution < 1.29 is 13.3 Å². The SMILES string of the molecule is CC1(C)c2cc(N(c3ccccc3-c3ccccc3)c3cccc4c3oc3ccccc34)ccc2-c2cc3c(cc21)C(C)(C)c1cc(N(c2ccccc2-c2ccccc2)c2cccc4c2oc2ccccc24)c2c(oc4ccccc42)c1-3. The summed E-state index contributed by atoms with van der Waals surface area (Å²) in [5.74, 6) is 0. The number of hydrogen-bond acceptors (Lipinski definition) is 5. The van der Waals surface area contributed by atoms with Crippen LogP contribution in [0.15, 0.2) is 268 Å². The molecule has 0 amide bonds. The fourth-order valence-electron chi connectivity index (χ4n) is 14.3. The summed E-state index contributed by atoms with van der Waals surface area (Å²) in [6, 6.07) is 92.0. The lowest BCUT2D eigenvalue weighted by molar-refractivity contribution is 0.638. The number of benzene rings is 12. The molecule has 0 atom stereocenters. The van der Waals surface area contributed by atoms with Gasteiger partial charge in [-0.15, -0.1) is 0 Å². The molecule has 0 aliphatic heterocycles. The number of rotatable bonds is 8. The van der Waals surface area contributed by atoms with Gasteiger partial charge in [-0.2, -0.15) is 0 Å². The van der Waals surface area contributed by atoms with Crippen LogP contribution in [0.1, 0.15) is 49.9 Å². The predicted molar refractivity (Wildman–Crippen MR) is 344 cm³/mol. The summed E-state index contributed by atoms with van der Waals surface area (Å²) >= 11 is 0. The van der Waals surface area contributed by atoms with Crippen molar-refractivity contribution in [1.82, 2.24) is 0 Å². The third-order valence-electron chi connectivity index (χ3n) is 18.3. The van der Waals surface area contributed by atoms with Crippen LogP contribution >= 0.6 is 0 Å². The molecule has 0 N–H and O–H groups in total. The minimum absolute atomic E-state index is 0.362. The van der Waals surface area contributed by atoms with Crippen molar-refractivity contribution in [2.75, 3.05) is 9.80 Å². The molecule has 0 saturated carbocycles. The van der Waals surface area contributed by atoms with Gasteiger partial charge in [-0.1, -0.05) is 216 Å². The van der Waals surface area contributed by atoms with Crippen LogP contribution in [0.2, 0.25) is 0 Å². The second kappa shape index (κ2) is 17.6. The molecule has 0 saturated heterocycles. The Morgan fingerprint density at radius 1 is 0.277 bits per heavy atom. The number of furan rings is 3. The molecule has 12 aromatic carbocycles. The fraction of sp³-hybridized carbons (Fsp3) is 0.0769. The smallest absolute Gasteiger partial charge is 0.159 e. The summed E-state index contributed by atoms with van der Waals surface area (Å²) < 4.78 is 21.1. The molecule has 394 valence electrons. The standard InChI is InChI=1S/C78H54N2O3/c1-77(2)60-43-49(79(64-34-16-11-27-50(64)47-23-7-5-8-24-47)66-36-21-32-55-53-29-13-18-38-69(53)81-74(55)66)41-42-52(60)58-44-59-62(45-61(58)77)78(3,4)63-46-68(73-57-31-15-20-40-71(57)83-76(73)72(59)63)80(65-35-17-12-28-51(65)48-25-9-6-10-26-48)67-37-22-33-56-54-30-14-19-39-70(54)82-75(56)67/h5-46H,1-4H3. The average molecular weight is 1070 g/mol. The summed E-state index contributed by atoms with van der Waals surface area (Å²) in [5, 5.41) is 6.46. The molecule has 2 aliphatic carbocycles. The molecule has 0 fully saturated rings. The molecular weight excluding hydrogens is 1010 g/mol. The van der Waals surface area contributed by atoms with E-state index in [1.54, 1.807) is 0 Å². The second-order valence-electron chi connectivity index (χ2n) is 23.5. The van der Waals surface area contributed by atoms with Gasteiger partial charge in [0.25, 0.3) is 0 Å². The molecule has 5 heteroatoms. The van der Waals surface area contributed by atoms with Gasteiger partial charge < -0.3 is 23.1 Å². The van der Waals surface area contributed by atoms with E-state index < -0.39 is 5.41 Å². The quantitative estimate of drug-likeness (QED) is 0.152. The zero-order valence-corrected chi connectivity index (χ0v) is 46.4. The number of para-hydroxylation sites is 7. The monoisotopic (exact) mass is 1070 g/mol. The molecule has 0 spiro atoms. The van der Waals surface area contributed by atoms with Crippen LogP contribution in [0.3, 0.4) is 0 Å². The van der Waals surface area contributed by atoms with Crippen molar-refractivity contribution >= 4 is 99.9 Å². The van der Waals surface area contributed by atoms with E-state index in [0.29, 0.717) is 0 Å². The molecule has 17 rings (SSSR count). The molecule has 3 heterocycles. The first-order chi connectivity index (χ1) is 40.7. The minimum Gasteiger partial charge on any atom is -0.455 e. The highest BCUT2D eigenvalue weighted by molar-refractivity contribution is 6.21. The molecule has 15 aromatic rings. The number of nitrogens with zero attached hydrogens (tertiary/aromatic N) is 2. The summed E-state index contributed by atoms with van der Waals surface area (Å²) in [7, 11) is 0. The summed E-state index contributed by atoms with van der Waals surface area (Å²) in [6.45, 7) is 9.61. The van der Waals surface area contributed by atoms with E-state index in [1.165, 1.54) is 38.9 Å². The third-order valence-corrected chi connectivity index (χ3v) is 18.3. The Labute approximate surface area is 480 Å². The van der Waals surface area contributed by atoms with Crippen molar-refractivity contribution in [3.05, 3.63) is 277 Å². The first kappa shape index (κ1) is 47.4. The zero-order valence-electron chi connectivity index (χ0n) is 46.4. The third kappa shape index (κ3) is 6.82. The molecule has 0 unspecified atom stereocenters. The van der Waals surface area contributed by atoms with Crippen molar-refractivity contribution in [2.45, 2.75) is 38.5 Å². The molecule has 2 aliphatic rings. The van der Waals surface area contributed by atoms with Gasteiger partial charge in [0.15, 0.2) is 11.2 Å². The zero-order chi connectivity index (χ0) is 55.3. The largest absolute Gasteiger partial charge is 0.455 e. The number of hydrogen-bond donors (Lipinski definition) is 0. The first-order valence-corrected chi connectivity index (χ1v) is 28.7. The Bertz CT molecular complexity index is 5170. The Balaban J connectivity index is 0.885. The van der Waals surface area contributed by atoms with Crippen molar-refractivity contribution in [3.8, 4) is 44.5 Å². The summed E-state index contributed by atoms with van der Waals surface area (Å²) in [6.07, 6.45) is 0. The topological polar surface area (TPSA) is 45.9 Å². The Kier molecular flexibility index (Phi) is 10.0. The molecular formula is C78H54N2O3. The predicted octanol–water partition coefficient (Wildman–Crippen LogP) is 22.3. The van der Waals surface area contributed by atoms with E-state index in [-0.39, 0.29) is 5.41 Å². The van der Waals surface area contributed by atoms with E-state index in [4.69, 9.17) is 13.3 Å². The van der Waals surface area contributed by atoms with E-state index in [1.807, 2.05) is 12.1 Å². The van der Waals surface area contributed by atoms with Crippen LogP contribution in [0.5, 0.6) is 0 Å². The Morgan fingerprint density at radius 3 is 1.34 bits per heavy atom. The summed E-state index contributed by atoms with van der Waals surface area (Å²) in [4.78, 5) is 4.86. The fourth-order valence-corrected chi connectivity index (χ4v) is 14.3. The maximum atomic E-state index is 7.34. The Morgan fingerprint density at radius 2 is 0.723 bits per heavy atom. The van der Waals surface area contributed by atoms with E-state index in [9.17, 15) is 0 Å². The highest BCUT2D eigenvalue weighted by Crippen LogP contribution is 2.61. The average Bonchev–Trinajstić information content (AvgIpc) is 2.34. The molecule has 3 aromatic heterocycles. The van der Waals surface area contributed by atoms with Crippen LogP contribution in [0, 0.1) is 0 Å². The lowest BCUT2D eigenvalue weighted by Gasteiger charge is -2.31. The lowest BCUT2D eigenvalue weighted by Crippen LogP contribution is -2.20. The van der Waals surface area contributed by atoms with Crippen molar-refractivity contribution in [3.63, 3.8) is 0 Å². The normalized spacial score (nSPS) is 13.7. The summed E-state index contributed by atoms with van der Waals surface area (Å²) in [5.41, 5.74) is 25.0. The number of anilines is 6. The first-order valence-electron chi connectivity index (χ1n) is 28.7. The number of fused-ring (bicyclic) bond motifs is 16. The van der Waals surface area contributed by atoms with Gasteiger partial charge in [-0.3, -0.25) is 0 Å². The van der Waals surface area contributed by atoms with Crippen LogP contribution in [-0.2, 0) is 10.8 Å². The minimum atomic E-state index is -0.434. The van der Waals surface area contributed by atoms with Gasteiger partial charge in [0.1, 0.15) is 22.3 Å². The molecule has 83 heavy (non-hydrogen) atoms. The maximum absolute atomic E-state index is 7.34. The lowest BCUT2D eigenvalue weighted by atomic mass is 9.77. The van der Waals surface area contributed by atoms with Gasteiger partial charge in [-0.05, 0) is 117 Å². The molecule has 0 radical (unpaired) electrons. The van der Waals surface area contributed by atoms with Gasteiger partial charge in [0.05, 0.1) is 33.8 Å². The van der Waals surface area contributed by atoms with Gasteiger partial charge >= 0.3 is 0 Å². The van der Waals surface area contributed by atoms with E-state index >= 15 is 0 Å². The van der Waals surface area contributed by atoms with E-state index in [0.717, 1.165) is 128 Å². The van der Waals surface area contributed by atoms with Gasteiger partial charge in [0.2, 0.25) is 0 Å². The van der Waals surface area contributed by atoms with Gasteiger partial charge in [-0.25, -0.2) is 0 Å². The van der Waals surface area contributed by atoms with Crippen LogP contribution in [0.4, 0.5) is 34.1 Å². The maximum Gasteiger partial charge on any atom is 0.159 e. The van der Waals surface area contributed by atoms with Gasteiger partial charge in [0, 0.05) is 60.1 Å². The van der Waals surface area contributed by atoms with Crippen molar-refractivity contribution in [2.24, 2.45) is 0 Å². The Hall–Kier alpha value is -10.4. The van der Waals surface area contributed by atoms with Crippen LogP contribution in [-0.4, -0.2) is 0 Å². The van der Waals surface area contributed by atoms with Crippen LogP contribution in [0.25, 0.3) is 110 Å². The van der Waals surface area contributed by atoms with Crippen LogP contribution < -0.4 is 9.80 Å². The molecule has 0 bridgehead atoms.